The Morgan fingerprint density at radius 2 is 2.00 bits per heavy atom. The molecule has 0 spiro atoms. The van der Waals surface area contributed by atoms with Crippen LogP contribution in [0.5, 0.6) is 0 Å². The topological polar surface area (TPSA) is 72.7 Å². The van der Waals surface area contributed by atoms with Crippen LogP contribution in [0, 0.1) is 0 Å². The molecule has 10 heteroatoms. The second-order valence-corrected chi connectivity index (χ2v) is 4.01. The highest BCUT2D eigenvalue weighted by Gasteiger charge is 2.34. The predicted octanol–water partition coefficient (Wildman–Crippen LogP) is 1.58. The van der Waals surface area contributed by atoms with E-state index in [1.165, 1.54) is 10.9 Å². The molecule has 0 fully saturated rings. The molecule has 2 aromatic rings. The molecule has 1 amide bonds. The van der Waals surface area contributed by atoms with Gasteiger partial charge in [-0.05, 0) is 0 Å². The summed E-state index contributed by atoms with van der Waals surface area (Å²) in [4.78, 5) is 16.6. The fourth-order valence-corrected chi connectivity index (χ4v) is 1.57. The van der Waals surface area contributed by atoms with Crippen molar-refractivity contribution in [1.82, 2.24) is 25.1 Å². The lowest BCUT2D eigenvalue weighted by molar-refractivity contribution is -0.145. The molecular formula is C10H7ClF3N5O. The number of halogens is 4. The Hall–Kier alpha value is -2.16. The van der Waals surface area contributed by atoms with Crippen LogP contribution in [0.3, 0.4) is 0 Å². The molecule has 1 N–H and O–H groups in total. The van der Waals surface area contributed by atoms with Gasteiger partial charge in [0.2, 0.25) is 12.2 Å². The van der Waals surface area contributed by atoms with Crippen molar-refractivity contribution in [3.05, 3.63) is 35.1 Å². The van der Waals surface area contributed by atoms with Crippen LogP contribution in [0.25, 0.3) is 5.69 Å². The Morgan fingerprint density at radius 3 is 2.55 bits per heavy atom. The molecule has 0 aliphatic rings. The number of nitrogens with zero attached hydrogens (tertiary/aromatic N) is 4. The molecule has 2 heterocycles. The third-order valence-corrected chi connectivity index (χ3v) is 2.59. The van der Waals surface area contributed by atoms with Crippen LogP contribution in [0.15, 0.2) is 18.6 Å². The predicted molar refractivity (Wildman–Crippen MR) is 62.1 cm³/mol. The maximum absolute atomic E-state index is 12.3. The van der Waals surface area contributed by atoms with E-state index >= 15 is 0 Å². The Bertz CT molecular complexity index is 610. The highest BCUT2D eigenvalue weighted by Crippen LogP contribution is 2.25. The van der Waals surface area contributed by atoms with Crippen molar-refractivity contribution in [2.24, 2.45) is 0 Å². The Labute approximate surface area is 115 Å². The molecule has 0 radical (unpaired) electrons. The molecule has 2 rings (SSSR count). The third kappa shape index (κ3) is 3.05. The van der Waals surface area contributed by atoms with Crippen LogP contribution in [-0.4, -0.2) is 26.2 Å². The number of carbonyl (C=O) groups is 1. The van der Waals surface area contributed by atoms with Gasteiger partial charge in [0.25, 0.3) is 0 Å². The van der Waals surface area contributed by atoms with Crippen LogP contribution in [-0.2, 0) is 17.5 Å². The smallest absolute Gasteiger partial charge is 0.354 e. The van der Waals surface area contributed by atoms with E-state index in [1.54, 1.807) is 0 Å². The fourth-order valence-electron chi connectivity index (χ4n) is 1.38. The van der Waals surface area contributed by atoms with E-state index in [0.29, 0.717) is 12.0 Å². The van der Waals surface area contributed by atoms with Crippen LogP contribution < -0.4 is 5.32 Å². The standard InChI is InChI=1S/C10H7ClF3N5O/c11-8-6(1-15-5-20)4-19(18-8)7-2-16-9(17-3-7)10(12,13)14/h2-5H,1H2,(H,15,20). The molecule has 0 aliphatic heterocycles. The number of alkyl halides is 3. The molecule has 6 nitrogen and oxygen atoms in total. The van der Waals surface area contributed by atoms with Gasteiger partial charge in [-0.3, -0.25) is 4.79 Å². The van der Waals surface area contributed by atoms with Gasteiger partial charge in [-0.1, -0.05) is 11.6 Å². The minimum atomic E-state index is -4.60. The molecule has 20 heavy (non-hydrogen) atoms. The molecule has 0 atom stereocenters. The number of carbonyl (C=O) groups excluding carboxylic acids is 1. The summed E-state index contributed by atoms with van der Waals surface area (Å²) < 4.78 is 38.2. The van der Waals surface area contributed by atoms with Gasteiger partial charge in [-0.2, -0.15) is 18.3 Å². The van der Waals surface area contributed by atoms with E-state index in [-0.39, 0.29) is 17.4 Å². The van der Waals surface area contributed by atoms with E-state index in [4.69, 9.17) is 11.6 Å². The number of amides is 1. The van der Waals surface area contributed by atoms with Gasteiger partial charge >= 0.3 is 6.18 Å². The average Bonchev–Trinajstić information content (AvgIpc) is 2.77. The zero-order valence-electron chi connectivity index (χ0n) is 9.73. The van der Waals surface area contributed by atoms with Gasteiger partial charge in [0.05, 0.1) is 12.4 Å². The number of aromatic nitrogens is 4. The first-order chi connectivity index (χ1) is 9.41. The lowest BCUT2D eigenvalue weighted by Gasteiger charge is -2.05. The van der Waals surface area contributed by atoms with Gasteiger partial charge in [0, 0.05) is 18.3 Å². The van der Waals surface area contributed by atoms with E-state index in [2.05, 4.69) is 20.4 Å². The summed E-state index contributed by atoms with van der Waals surface area (Å²) in [5, 5.41) is 6.42. The second kappa shape index (κ2) is 5.45. The largest absolute Gasteiger partial charge is 0.451 e. The number of hydrogen-bond acceptors (Lipinski definition) is 4. The summed E-state index contributed by atoms with van der Waals surface area (Å²) in [6.45, 7) is 0.157. The fraction of sp³-hybridized carbons (Fsp3) is 0.200. The lowest BCUT2D eigenvalue weighted by atomic mass is 10.3. The molecule has 2 aromatic heterocycles. The molecule has 0 unspecified atom stereocenters. The Balaban J connectivity index is 2.26. The zero-order valence-corrected chi connectivity index (χ0v) is 10.5. The van der Waals surface area contributed by atoms with Crippen molar-refractivity contribution in [3.63, 3.8) is 0 Å². The highest BCUT2D eigenvalue weighted by molar-refractivity contribution is 6.30. The summed E-state index contributed by atoms with van der Waals surface area (Å²) in [5.74, 6) is -1.23. The summed E-state index contributed by atoms with van der Waals surface area (Å²) in [6, 6.07) is 0. The molecule has 106 valence electrons. The lowest BCUT2D eigenvalue weighted by Crippen LogP contribution is -2.11. The quantitative estimate of drug-likeness (QED) is 0.871. The van der Waals surface area contributed by atoms with Crippen LogP contribution in [0.2, 0.25) is 5.15 Å². The maximum atomic E-state index is 12.3. The van der Waals surface area contributed by atoms with Crippen LogP contribution in [0.1, 0.15) is 11.4 Å². The van der Waals surface area contributed by atoms with Crippen LogP contribution >= 0.6 is 11.6 Å². The van der Waals surface area contributed by atoms with Crippen molar-refractivity contribution in [1.29, 1.82) is 0 Å². The van der Waals surface area contributed by atoms with Gasteiger partial charge in [0.1, 0.15) is 5.69 Å². The molecular weight excluding hydrogens is 299 g/mol. The van der Waals surface area contributed by atoms with Gasteiger partial charge in [0.15, 0.2) is 5.15 Å². The van der Waals surface area contributed by atoms with Crippen molar-refractivity contribution in [3.8, 4) is 5.69 Å². The van der Waals surface area contributed by atoms with E-state index < -0.39 is 12.0 Å². The van der Waals surface area contributed by atoms with Crippen molar-refractivity contribution in [2.75, 3.05) is 0 Å². The van der Waals surface area contributed by atoms with Gasteiger partial charge < -0.3 is 5.32 Å². The van der Waals surface area contributed by atoms with Crippen molar-refractivity contribution < 1.29 is 18.0 Å². The monoisotopic (exact) mass is 305 g/mol. The van der Waals surface area contributed by atoms with Gasteiger partial charge in [-0.25, -0.2) is 14.6 Å². The summed E-state index contributed by atoms with van der Waals surface area (Å²) in [7, 11) is 0. The van der Waals surface area contributed by atoms with Crippen molar-refractivity contribution in [2.45, 2.75) is 12.7 Å². The molecule has 0 bridgehead atoms. The van der Waals surface area contributed by atoms with E-state index in [0.717, 1.165) is 12.4 Å². The summed E-state index contributed by atoms with van der Waals surface area (Å²) >= 11 is 5.83. The molecule has 0 saturated heterocycles. The molecule has 0 saturated carbocycles. The Kier molecular flexibility index (Phi) is 3.89. The first-order valence-corrected chi connectivity index (χ1v) is 5.60. The average molecular weight is 306 g/mol. The minimum Gasteiger partial charge on any atom is -0.354 e. The van der Waals surface area contributed by atoms with Crippen LogP contribution in [0.4, 0.5) is 13.2 Å². The highest BCUT2D eigenvalue weighted by atomic mass is 35.5. The van der Waals surface area contributed by atoms with E-state index in [9.17, 15) is 18.0 Å². The van der Waals surface area contributed by atoms with E-state index in [1.807, 2.05) is 0 Å². The second-order valence-electron chi connectivity index (χ2n) is 3.65. The number of hydrogen-bond donors (Lipinski definition) is 1. The molecule has 0 aliphatic carbocycles. The first kappa shape index (κ1) is 14.3. The maximum Gasteiger partial charge on any atom is 0.451 e. The third-order valence-electron chi connectivity index (χ3n) is 2.27. The van der Waals surface area contributed by atoms with Gasteiger partial charge in [-0.15, -0.1) is 0 Å². The molecule has 0 aromatic carbocycles. The Morgan fingerprint density at radius 1 is 1.35 bits per heavy atom. The normalized spacial score (nSPS) is 11.4. The number of nitrogens with one attached hydrogen (secondary N) is 1. The summed E-state index contributed by atoms with van der Waals surface area (Å²) in [6.07, 6.45) is -0.675. The van der Waals surface area contributed by atoms with Crippen molar-refractivity contribution >= 4 is 18.0 Å². The summed E-state index contributed by atoms with van der Waals surface area (Å²) in [5.41, 5.74) is 0.732. The zero-order chi connectivity index (χ0) is 14.8. The SMILES string of the molecule is O=CNCc1cn(-c2cnc(C(F)(F)F)nc2)nc1Cl. The first-order valence-electron chi connectivity index (χ1n) is 5.22. The number of rotatable bonds is 4. The minimum absolute atomic E-state index is 0.124.